The molecule has 2 aliphatic rings. The predicted molar refractivity (Wildman–Crippen MR) is 80.3 cm³/mol. The van der Waals surface area contributed by atoms with Gasteiger partial charge in [-0.1, -0.05) is 12.1 Å². The van der Waals surface area contributed by atoms with Gasteiger partial charge in [0.2, 0.25) is 5.91 Å². The molecule has 2 fully saturated rings. The second kappa shape index (κ2) is 5.33. The van der Waals surface area contributed by atoms with Crippen molar-refractivity contribution in [3.05, 3.63) is 27.8 Å². The van der Waals surface area contributed by atoms with Gasteiger partial charge in [-0.2, -0.15) is 0 Å². The van der Waals surface area contributed by atoms with Crippen molar-refractivity contribution in [2.24, 2.45) is 11.8 Å². The Morgan fingerprint density at radius 3 is 2.50 bits per heavy atom. The molecular formula is C14H14INO4. The first-order valence-electron chi connectivity index (χ1n) is 6.51. The molecule has 0 unspecified atom stereocenters. The number of carboxylic acids is 1. The fraction of sp³-hybridized carbons (Fsp3) is 0.429. The van der Waals surface area contributed by atoms with Gasteiger partial charge in [-0.15, -0.1) is 0 Å². The van der Waals surface area contributed by atoms with E-state index >= 15 is 0 Å². The molecule has 2 saturated heterocycles. The van der Waals surface area contributed by atoms with Crippen LogP contribution in [0.1, 0.15) is 12.8 Å². The maximum Gasteiger partial charge on any atom is 0.310 e. The highest BCUT2D eigenvalue weighted by atomic mass is 127. The number of fused-ring (bicyclic) bond motifs is 2. The van der Waals surface area contributed by atoms with E-state index in [1.165, 1.54) is 0 Å². The third kappa shape index (κ3) is 2.31. The van der Waals surface area contributed by atoms with Gasteiger partial charge in [-0.3, -0.25) is 9.59 Å². The molecule has 0 aromatic heterocycles. The van der Waals surface area contributed by atoms with E-state index in [4.69, 9.17) is 4.74 Å². The summed E-state index contributed by atoms with van der Waals surface area (Å²) >= 11 is 2.14. The van der Waals surface area contributed by atoms with Crippen LogP contribution in [0.3, 0.4) is 0 Å². The lowest BCUT2D eigenvalue weighted by atomic mass is 9.78. The zero-order chi connectivity index (χ0) is 14.3. The second-order valence-electron chi connectivity index (χ2n) is 5.15. The summed E-state index contributed by atoms with van der Waals surface area (Å²) in [6.45, 7) is 0. The molecule has 2 N–H and O–H groups in total. The fourth-order valence-corrected chi connectivity index (χ4v) is 3.63. The Bertz CT molecular complexity index is 562. The average Bonchev–Trinajstić information content (AvgIpc) is 3.01. The summed E-state index contributed by atoms with van der Waals surface area (Å²) in [6, 6.07) is 7.42. The van der Waals surface area contributed by atoms with E-state index in [1.807, 2.05) is 24.3 Å². The number of benzene rings is 1. The van der Waals surface area contributed by atoms with Gasteiger partial charge in [0.25, 0.3) is 0 Å². The molecule has 4 atom stereocenters. The lowest BCUT2D eigenvalue weighted by molar-refractivity contribution is -0.147. The normalized spacial score (nSPS) is 31.2. The summed E-state index contributed by atoms with van der Waals surface area (Å²) in [7, 11) is 0. The van der Waals surface area contributed by atoms with E-state index in [-0.39, 0.29) is 18.1 Å². The molecule has 1 aromatic carbocycles. The monoisotopic (exact) mass is 387 g/mol. The topological polar surface area (TPSA) is 75.6 Å². The third-order valence-electron chi connectivity index (χ3n) is 3.99. The van der Waals surface area contributed by atoms with E-state index in [0.29, 0.717) is 5.69 Å². The standard InChI is InChI=1S/C14H14INO4/c15-7-3-1-2-4-8(7)16-13(17)11-9-5-6-10(20-9)12(11)14(18)19/h1-4,9-12H,5-6H2,(H,16,17)(H,18,19)/t9-,10-,11+,12-/m1/s1. The number of carbonyl (C=O) groups excluding carboxylic acids is 1. The number of amides is 1. The molecule has 2 aliphatic heterocycles. The number of aliphatic carboxylic acids is 1. The molecule has 20 heavy (non-hydrogen) atoms. The van der Waals surface area contributed by atoms with Crippen molar-refractivity contribution in [2.45, 2.75) is 25.0 Å². The Balaban J connectivity index is 1.80. The van der Waals surface area contributed by atoms with Crippen LogP contribution in [0.2, 0.25) is 0 Å². The van der Waals surface area contributed by atoms with Crippen LogP contribution in [0.25, 0.3) is 0 Å². The Hall–Kier alpha value is -1.15. The minimum absolute atomic E-state index is 0.256. The van der Waals surface area contributed by atoms with Crippen LogP contribution in [-0.4, -0.2) is 29.2 Å². The number of hydrogen-bond donors (Lipinski definition) is 2. The van der Waals surface area contributed by atoms with Gasteiger partial charge in [0.05, 0.1) is 29.7 Å². The summed E-state index contributed by atoms with van der Waals surface area (Å²) in [4.78, 5) is 23.8. The van der Waals surface area contributed by atoms with Crippen LogP contribution in [0, 0.1) is 15.4 Å². The Morgan fingerprint density at radius 1 is 1.20 bits per heavy atom. The number of hydrogen-bond acceptors (Lipinski definition) is 3. The van der Waals surface area contributed by atoms with Crippen molar-refractivity contribution in [3.8, 4) is 0 Å². The summed E-state index contributed by atoms with van der Waals surface area (Å²) in [5, 5.41) is 12.1. The molecule has 106 valence electrons. The molecule has 2 bridgehead atoms. The summed E-state index contributed by atoms with van der Waals surface area (Å²) in [5.41, 5.74) is 0.713. The van der Waals surface area contributed by atoms with Crippen molar-refractivity contribution in [1.82, 2.24) is 0 Å². The smallest absolute Gasteiger partial charge is 0.310 e. The molecule has 1 aromatic rings. The zero-order valence-electron chi connectivity index (χ0n) is 10.6. The highest BCUT2D eigenvalue weighted by Crippen LogP contribution is 2.44. The lowest BCUT2D eigenvalue weighted by Gasteiger charge is -2.24. The average molecular weight is 387 g/mol. The largest absolute Gasteiger partial charge is 0.481 e. The number of para-hydroxylation sites is 1. The van der Waals surface area contributed by atoms with Gasteiger partial charge in [0.1, 0.15) is 0 Å². The highest BCUT2D eigenvalue weighted by Gasteiger charge is 2.55. The van der Waals surface area contributed by atoms with Gasteiger partial charge in [0, 0.05) is 3.57 Å². The number of carbonyl (C=O) groups is 2. The van der Waals surface area contributed by atoms with Crippen molar-refractivity contribution in [3.63, 3.8) is 0 Å². The molecule has 1 amide bonds. The number of halogens is 1. The van der Waals surface area contributed by atoms with Gasteiger partial charge in [-0.25, -0.2) is 0 Å². The molecule has 0 aliphatic carbocycles. The van der Waals surface area contributed by atoms with Gasteiger partial charge in [-0.05, 0) is 47.6 Å². The van der Waals surface area contributed by atoms with Gasteiger partial charge in [0.15, 0.2) is 0 Å². The van der Waals surface area contributed by atoms with E-state index in [1.54, 1.807) is 0 Å². The first kappa shape index (κ1) is 13.8. The van der Waals surface area contributed by atoms with Crippen LogP contribution in [0.15, 0.2) is 24.3 Å². The Labute approximate surface area is 129 Å². The Morgan fingerprint density at radius 2 is 1.85 bits per heavy atom. The number of carboxylic acid groups (broad SMARTS) is 1. The highest BCUT2D eigenvalue weighted by molar-refractivity contribution is 14.1. The quantitative estimate of drug-likeness (QED) is 0.780. The van der Waals surface area contributed by atoms with Gasteiger partial charge >= 0.3 is 5.97 Å². The third-order valence-corrected chi connectivity index (χ3v) is 4.93. The molecule has 0 spiro atoms. The van der Waals surface area contributed by atoms with E-state index < -0.39 is 17.8 Å². The maximum atomic E-state index is 12.4. The van der Waals surface area contributed by atoms with Crippen molar-refractivity contribution < 1.29 is 19.4 Å². The van der Waals surface area contributed by atoms with Crippen LogP contribution in [0.4, 0.5) is 5.69 Å². The van der Waals surface area contributed by atoms with Crippen molar-refractivity contribution in [2.75, 3.05) is 5.32 Å². The fourth-order valence-electron chi connectivity index (χ4n) is 3.10. The van der Waals surface area contributed by atoms with Crippen molar-refractivity contribution in [1.29, 1.82) is 0 Å². The molecule has 0 saturated carbocycles. The van der Waals surface area contributed by atoms with Crippen LogP contribution < -0.4 is 5.32 Å². The number of anilines is 1. The minimum Gasteiger partial charge on any atom is -0.481 e. The van der Waals surface area contributed by atoms with E-state index in [0.717, 1.165) is 16.4 Å². The molecule has 0 radical (unpaired) electrons. The first-order valence-corrected chi connectivity index (χ1v) is 7.59. The predicted octanol–water partition coefficient (Wildman–Crippen LogP) is 2.11. The number of ether oxygens (including phenoxy) is 1. The zero-order valence-corrected chi connectivity index (χ0v) is 12.7. The summed E-state index contributed by atoms with van der Waals surface area (Å²) < 4.78 is 6.53. The molecule has 2 heterocycles. The molecular weight excluding hydrogens is 373 g/mol. The molecule has 5 nitrogen and oxygen atoms in total. The second-order valence-corrected chi connectivity index (χ2v) is 6.31. The van der Waals surface area contributed by atoms with Crippen molar-refractivity contribution >= 4 is 40.2 Å². The van der Waals surface area contributed by atoms with Crippen LogP contribution >= 0.6 is 22.6 Å². The molecule has 6 heteroatoms. The SMILES string of the molecule is O=C(Nc1ccccc1I)[C@@H]1[C@H](C(=O)O)[C@H]2CC[C@H]1O2. The van der Waals surface area contributed by atoms with E-state index in [2.05, 4.69) is 27.9 Å². The van der Waals surface area contributed by atoms with Gasteiger partial charge < -0.3 is 15.2 Å². The lowest BCUT2D eigenvalue weighted by Crippen LogP contribution is -2.41. The summed E-state index contributed by atoms with van der Waals surface area (Å²) in [6.07, 6.45) is 0.915. The van der Waals surface area contributed by atoms with E-state index in [9.17, 15) is 14.7 Å². The maximum absolute atomic E-state index is 12.4. The summed E-state index contributed by atoms with van der Waals surface area (Å²) in [5.74, 6) is -2.52. The molecule has 3 rings (SSSR count). The minimum atomic E-state index is -0.944. The first-order chi connectivity index (χ1) is 9.58. The number of nitrogens with one attached hydrogen (secondary N) is 1. The van der Waals surface area contributed by atoms with Crippen LogP contribution in [0.5, 0.6) is 0 Å². The Kier molecular flexibility index (Phi) is 3.68. The number of rotatable bonds is 3. The van der Waals surface area contributed by atoms with Crippen LogP contribution in [-0.2, 0) is 14.3 Å².